The van der Waals surface area contributed by atoms with Crippen LogP contribution >= 0.6 is 12.6 Å². The Morgan fingerprint density at radius 3 is 2.28 bits per heavy atom. The van der Waals surface area contributed by atoms with Gasteiger partial charge >= 0.3 is 0 Å². The third-order valence-corrected chi connectivity index (χ3v) is 7.44. The Bertz CT molecular complexity index is 1040. The van der Waals surface area contributed by atoms with Gasteiger partial charge in [-0.25, -0.2) is 0 Å². The maximum Gasteiger partial charge on any atom is 0.246 e. The van der Waals surface area contributed by atoms with Gasteiger partial charge in [0.2, 0.25) is 29.5 Å². The average molecular weight is 562 g/mol. The molecule has 39 heavy (non-hydrogen) atoms. The van der Waals surface area contributed by atoms with Gasteiger partial charge in [0.15, 0.2) is 0 Å². The maximum absolute atomic E-state index is 13.6. The molecule has 12 heteroatoms. The zero-order valence-electron chi connectivity index (χ0n) is 22.3. The second-order valence-electron chi connectivity index (χ2n) is 10.0. The molecule has 11 nitrogen and oxygen atoms in total. The molecule has 0 spiro atoms. The average Bonchev–Trinajstić information content (AvgIpc) is 3.32. The van der Waals surface area contributed by atoms with Crippen molar-refractivity contribution in [2.24, 2.45) is 5.92 Å². The molecule has 0 bridgehead atoms. The molecular weight excluding hydrogens is 522 g/mol. The SMILES string of the molecule is CC(=O)NCCCC[C@@H]1NC(=O)[C@H]2C[C@@H](C(=O)NCCCCCNC(=O)CS)[C@@H](c3ccc(O)cc3)N2C1=O. The quantitative estimate of drug-likeness (QED) is 0.146. The molecule has 1 aromatic rings. The normalized spacial score (nSPS) is 22.2. The lowest BCUT2D eigenvalue weighted by Gasteiger charge is -2.38. The van der Waals surface area contributed by atoms with E-state index >= 15 is 0 Å². The molecule has 2 saturated heterocycles. The van der Waals surface area contributed by atoms with Crippen LogP contribution in [0.4, 0.5) is 0 Å². The summed E-state index contributed by atoms with van der Waals surface area (Å²) in [5.41, 5.74) is 0.683. The Morgan fingerprint density at radius 1 is 0.974 bits per heavy atom. The highest BCUT2D eigenvalue weighted by Crippen LogP contribution is 2.43. The largest absolute Gasteiger partial charge is 0.508 e. The molecule has 3 rings (SSSR count). The number of phenols is 1. The van der Waals surface area contributed by atoms with E-state index in [2.05, 4.69) is 33.9 Å². The van der Waals surface area contributed by atoms with Crippen molar-refractivity contribution in [3.63, 3.8) is 0 Å². The minimum atomic E-state index is -0.752. The fourth-order valence-corrected chi connectivity index (χ4v) is 5.32. The van der Waals surface area contributed by atoms with Gasteiger partial charge in [-0.1, -0.05) is 12.1 Å². The van der Waals surface area contributed by atoms with Crippen LogP contribution in [0.3, 0.4) is 0 Å². The van der Waals surface area contributed by atoms with Crippen molar-refractivity contribution in [3.8, 4) is 5.75 Å². The van der Waals surface area contributed by atoms with Crippen LogP contribution in [0.25, 0.3) is 0 Å². The van der Waals surface area contributed by atoms with E-state index < -0.39 is 24.0 Å². The summed E-state index contributed by atoms with van der Waals surface area (Å²) in [4.78, 5) is 63.9. The third kappa shape index (κ3) is 8.35. The summed E-state index contributed by atoms with van der Waals surface area (Å²) in [5, 5.41) is 21.1. The molecule has 2 fully saturated rings. The highest BCUT2D eigenvalue weighted by atomic mass is 32.1. The van der Waals surface area contributed by atoms with E-state index in [0.29, 0.717) is 44.5 Å². The van der Waals surface area contributed by atoms with E-state index in [1.807, 2.05) is 0 Å². The molecule has 4 atom stereocenters. The molecule has 214 valence electrons. The van der Waals surface area contributed by atoms with Crippen molar-refractivity contribution in [2.45, 2.75) is 70.0 Å². The van der Waals surface area contributed by atoms with Gasteiger partial charge in [0, 0.05) is 26.6 Å². The Kier molecular flexibility index (Phi) is 11.5. The highest BCUT2D eigenvalue weighted by Gasteiger charge is 2.54. The van der Waals surface area contributed by atoms with E-state index in [1.165, 1.54) is 19.1 Å². The summed E-state index contributed by atoms with van der Waals surface area (Å²) >= 11 is 3.92. The van der Waals surface area contributed by atoms with Crippen LogP contribution in [-0.2, 0) is 24.0 Å². The minimum Gasteiger partial charge on any atom is -0.508 e. The number of hydrogen-bond acceptors (Lipinski definition) is 7. The summed E-state index contributed by atoms with van der Waals surface area (Å²) in [7, 11) is 0. The Hall–Kier alpha value is -3.28. The predicted octanol–water partition coefficient (Wildman–Crippen LogP) is 0.788. The van der Waals surface area contributed by atoms with Gasteiger partial charge in [0.1, 0.15) is 17.8 Å². The van der Waals surface area contributed by atoms with Crippen LogP contribution in [0, 0.1) is 5.92 Å². The van der Waals surface area contributed by atoms with E-state index in [0.717, 1.165) is 19.3 Å². The zero-order valence-corrected chi connectivity index (χ0v) is 23.2. The van der Waals surface area contributed by atoms with Crippen LogP contribution in [0.2, 0.25) is 0 Å². The van der Waals surface area contributed by atoms with Crippen molar-refractivity contribution in [3.05, 3.63) is 29.8 Å². The number of carbonyl (C=O) groups is 5. The Morgan fingerprint density at radius 2 is 1.62 bits per heavy atom. The van der Waals surface area contributed by atoms with Crippen molar-refractivity contribution in [1.82, 2.24) is 26.2 Å². The highest BCUT2D eigenvalue weighted by molar-refractivity contribution is 7.81. The van der Waals surface area contributed by atoms with Crippen LogP contribution in [0.15, 0.2) is 24.3 Å². The van der Waals surface area contributed by atoms with E-state index in [-0.39, 0.29) is 47.5 Å². The second kappa shape index (κ2) is 14.8. The molecule has 5 amide bonds. The Labute approximate surface area is 234 Å². The smallest absolute Gasteiger partial charge is 0.246 e. The number of benzene rings is 1. The van der Waals surface area contributed by atoms with Crippen molar-refractivity contribution in [1.29, 1.82) is 0 Å². The number of phenolic OH excluding ortho intramolecular Hbond substituents is 1. The summed E-state index contributed by atoms with van der Waals surface area (Å²) in [6, 6.07) is 4.31. The number of rotatable bonds is 14. The van der Waals surface area contributed by atoms with Gasteiger partial charge in [-0.2, -0.15) is 12.6 Å². The monoisotopic (exact) mass is 561 g/mol. The first kappa shape index (κ1) is 30.3. The molecule has 1 aromatic carbocycles. The van der Waals surface area contributed by atoms with E-state index in [1.54, 1.807) is 17.0 Å². The third-order valence-electron chi connectivity index (χ3n) is 7.15. The number of unbranched alkanes of at least 4 members (excludes halogenated alkanes) is 3. The van der Waals surface area contributed by atoms with Crippen LogP contribution in [0.1, 0.15) is 63.5 Å². The van der Waals surface area contributed by atoms with Crippen molar-refractivity contribution >= 4 is 42.2 Å². The molecule has 5 N–H and O–H groups in total. The van der Waals surface area contributed by atoms with Gasteiger partial charge in [-0.15, -0.1) is 0 Å². The van der Waals surface area contributed by atoms with Crippen LogP contribution in [-0.4, -0.2) is 77.0 Å². The lowest BCUT2D eigenvalue weighted by molar-refractivity contribution is -0.149. The van der Waals surface area contributed by atoms with Crippen LogP contribution < -0.4 is 21.3 Å². The number of nitrogens with one attached hydrogen (secondary N) is 4. The second-order valence-corrected chi connectivity index (χ2v) is 10.4. The molecular formula is C27H39N5O6S. The van der Waals surface area contributed by atoms with Gasteiger partial charge in [0.25, 0.3) is 0 Å². The first-order valence-corrected chi connectivity index (χ1v) is 14.2. The van der Waals surface area contributed by atoms with Gasteiger partial charge in [-0.3, -0.25) is 24.0 Å². The standard InChI is InChI=1S/C27H39N5O6S/c1-17(33)28-12-6-3-7-21-27(38)32-22(26(37)31-21)15-20(24(32)18-8-10-19(34)11-9-18)25(36)30-14-5-2-4-13-29-23(35)16-39/h8-11,20-22,24,34,39H,2-7,12-16H2,1H3,(H,28,33)(H,29,35)(H,30,36)(H,31,37)/t20-,21+,22-,24-/m1/s1. The maximum atomic E-state index is 13.6. The van der Waals surface area contributed by atoms with Gasteiger partial charge in [0.05, 0.1) is 17.7 Å². The number of carbonyl (C=O) groups excluding carboxylic acids is 5. The Balaban J connectivity index is 1.64. The predicted molar refractivity (Wildman–Crippen MR) is 148 cm³/mol. The number of fused-ring (bicyclic) bond motifs is 1. The number of amides is 5. The number of nitrogens with zero attached hydrogens (tertiary/aromatic N) is 1. The first-order chi connectivity index (χ1) is 18.7. The van der Waals surface area contributed by atoms with Crippen LogP contribution in [0.5, 0.6) is 5.75 Å². The molecule has 0 unspecified atom stereocenters. The lowest BCUT2D eigenvalue weighted by Crippen LogP contribution is -2.61. The summed E-state index contributed by atoms with van der Waals surface area (Å²) < 4.78 is 0. The summed E-state index contributed by atoms with van der Waals surface area (Å²) in [5.74, 6) is -1.36. The van der Waals surface area contributed by atoms with Crippen molar-refractivity contribution in [2.75, 3.05) is 25.4 Å². The lowest BCUT2D eigenvalue weighted by atomic mass is 9.92. The number of aromatic hydroxyl groups is 1. The fourth-order valence-electron chi connectivity index (χ4n) is 5.21. The number of hydrogen-bond donors (Lipinski definition) is 6. The first-order valence-electron chi connectivity index (χ1n) is 13.5. The molecule has 0 aliphatic carbocycles. The number of piperazine rings is 1. The molecule has 0 saturated carbocycles. The van der Waals surface area contributed by atoms with Gasteiger partial charge in [-0.05, 0) is 62.6 Å². The molecule has 0 aromatic heterocycles. The summed E-state index contributed by atoms with van der Waals surface area (Å²) in [6.07, 6.45) is 4.29. The summed E-state index contributed by atoms with van der Waals surface area (Å²) in [6.45, 7) is 2.95. The van der Waals surface area contributed by atoms with Crippen molar-refractivity contribution < 1.29 is 29.1 Å². The van der Waals surface area contributed by atoms with E-state index in [9.17, 15) is 29.1 Å². The zero-order chi connectivity index (χ0) is 28.4. The topological polar surface area (TPSA) is 157 Å². The molecule has 2 heterocycles. The number of thiol groups is 1. The molecule has 2 aliphatic rings. The van der Waals surface area contributed by atoms with Gasteiger partial charge < -0.3 is 31.3 Å². The fraction of sp³-hybridized carbons (Fsp3) is 0.593. The van der Waals surface area contributed by atoms with E-state index in [4.69, 9.17) is 0 Å². The molecule has 0 radical (unpaired) electrons. The minimum absolute atomic E-state index is 0.0691. The molecule has 2 aliphatic heterocycles.